The van der Waals surface area contributed by atoms with Crippen molar-refractivity contribution in [2.45, 2.75) is 44.6 Å². The number of carbonyl (C=O) groups excluding carboxylic acids is 1. The first-order valence-electron chi connectivity index (χ1n) is 8.10. The van der Waals surface area contributed by atoms with Crippen molar-refractivity contribution in [3.63, 3.8) is 0 Å². The van der Waals surface area contributed by atoms with E-state index in [0.717, 1.165) is 18.2 Å². The van der Waals surface area contributed by atoms with Crippen LogP contribution in [0.4, 0.5) is 0 Å². The van der Waals surface area contributed by atoms with Gasteiger partial charge in [0.25, 0.3) is 0 Å². The van der Waals surface area contributed by atoms with Crippen LogP contribution in [-0.2, 0) is 11.2 Å². The number of hydrogen-bond acceptors (Lipinski definition) is 4. The van der Waals surface area contributed by atoms with Gasteiger partial charge in [-0.15, -0.1) is 0 Å². The number of amides is 1. The maximum atomic E-state index is 12.3. The van der Waals surface area contributed by atoms with Gasteiger partial charge in [-0.25, -0.2) is 0 Å². The van der Waals surface area contributed by atoms with Gasteiger partial charge in [0.2, 0.25) is 5.91 Å². The quantitative estimate of drug-likeness (QED) is 0.888. The summed E-state index contributed by atoms with van der Waals surface area (Å²) < 4.78 is 5.24. The standard InChI is InChI=1S/C17H23N3O2/c18-11-15(12-6-2-1-3-7-12)19-17(21)10-14-13-8-4-5-9-16(13)22-20-14/h4-5,8-9,12,15H,1-3,6-7,10-11,18H2,(H,19,21). The van der Waals surface area contributed by atoms with Gasteiger partial charge in [0.1, 0.15) is 5.69 Å². The molecule has 1 atom stereocenters. The van der Waals surface area contributed by atoms with Crippen molar-refractivity contribution in [1.82, 2.24) is 10.5 Å². The second kappa shape index (κ2) is 6.92. The molecule has 0 bridgehead atoms. The van der Waals surface area contributed by atoms with Gasteiger partial charge in [0.15, 0.2) is 5.58 Å². The molecule has 2 aromatic rings. The zero-order valence-corrected chi connectivity index (χ0v) is 12.8. The van der Waals surface area contributed by atoms with Crippen molar-refractivity contribution < 1.29 is 9.32 Å². The van der Waals surface area contributed by atoms with Crippen LogP contribution in [0.1, 0.15) is 37.8 Å². The highest BCUT2D eigenvalue weighted by Gasteiger charge is 2.24. The molecule has 5 nitrogen and oxygen atoms in total. The van der Waals surface area contributed by atoms with E-state index in [4.69, 9.17) is 10.3 Å². The van der Waals surface area contributed by atoms with Crippen molar-refractivity contribution in [2.24, 2.45) is 11.7 Å². The minimum absolute atomic E-state index is 0.0277. The van der Waals surface area contributed by atoms with Gasteiger partial charge in [-0.3, -0.25) is 4.79 Å². The van der Waals surface area contributed by atoms with Crippen LogP contribution in [0.15, 0.2) is 28.8 Å². The fraction of sp³-hybridized carbons (Fsp3) is 0.529. The zero-order chi connectivity index (χ0) is 15.4. The average Bonchev–Trinajstić information content (AvgIpc) is 2.96. The number of nitrogens with zero attached hydrogens (tertiary/aromatic N) is 1. The van der Waals surface area contributed by atoms with Crippen LogP contribution >= 0.6 is 0 Å². The lowest BCUT2D eigenvalue weighted by Gasteiger charge is -2.30. The van der Waals surface area contributed by atoms with Crippen molar-refractivity contribution in [3.8, 4) is 0 Å². The van der Waals surface area contributed by atoms with E-state index in [1.807, 2.05) is 24.3 Å². The molecule has 0 aliphatic heterocycles. The van der Waals surface area contributed by atoms with Crippen molar-refractivity contribution in [1.29, 1.82) is 0 Å². The monoisotopic (exact) mass is 301 g/mol. The van der Waals surface area contributed by atoms with E-state index < -0.39 is 0 Å². The Balaban J connectivity index is 1.63. The number of nitrogens with one attached hydrogen (secondary N) is 1. The summed E-state index contributed by atoms with van der Waals surface area (Å²) in [5.74, 6) is 0.483. The maximum absolute atomic E-state index is 12.3. The summed E-state index contributed by atoms with van der Waals surface area (Å²) in [7, 11) is 0. The van der Waals surface area contributed by atoms with E-state index >= 15 is 0 Å². The Labute approximate surface area is 130 Å². The number of hydrogen-bond donors (Lipinski definition) is 2. The largest absolute Gasteiger partial charge is 0.356 e. The smallest absolute Gasteiger partial charge is 0.226 e. The molecule has 118 valence electrons. The molecule has 1 unspecified atom stereocenters. The fourth-order valence-electron chi connectivity index (χ4n) is 3.38. The average molecular weight is 301 g/mol. The molecule has 0 radical (unpaired) electrons. The first-order chi connectivity index (χ1) is 10.8. The van der Waals surface area contributed by atoms with Crippen molar-refractivity contribution in [2.75, 3.05) is 6.54 Å². The van der Waals surface area contributed by atoms with Crippen LogP contribution in [0.3, 0.4) is 0 Å². The van der Waals surface area contributed by atoms with Crippen LogP contribution in [0.5, 0.6) is 0 Å². The third-order valence-electron chi connectivity index (χ3n) is 4.60. The molecule has 1 saturated carbocycles. The maximum Gasteiger partial charge on any atom is 0.226 e. The van der Waals surface area contributed by atoms with Crippen LogP contribution in [0.25, 0.3) is 11.0 Å². The Hall–Kier alpha value is -1.88. The molecule has 1 aromatic carbocycles. The molecule has 1 aromatic heterocycles. The summed E-state index contributed by atoms with van der Waals surface area (Å²) in [5, 5.41) is 8.01. The van der Waals surface area contributed by atoms with Gasteiger partial charge in [-0.05, 0) is 30.9 Å². The molecule has 0 saturated heterocycles. The first kappa shape index (κ1) is 15.0. The molecular weight excluding hydrogens is 278 g/mol. The molecule has 3 N–H and O–H groups in total. The van der Waals surface area contributed by atoms with Gasteiger partial charge in [-0.2, -0.15) is 0 Å². The summed E-state index contributed by atoms with van der Waals surface area (Å²) in [6.45, 7) is 0.496. The van der Waals surface area contributed by atoms with Crippen molar-refractivity contribution >= 4 is 16.9 Å². The number of carbonyl (C=O) groups is 1. The Kier molecular flexibility index (Phi) is 4.73. The Morgan fingerprint density at radius 1 is 1.32 bits per heavy atom. The lowest BCUT2D eigenvalue weighted by Crippen LogP contribution is -2.46. The van der Waals surface area contributed by atoms with Gasteiger partial charge in [0.05, 0.1) is 6.42 Å². The highest BCUT2D eigenvalue weighted by molar-refractivity contribution is 5.86. The number of rotatable bonds is 5. The third-order valence-corrected chi connectivity index (χ3v) is 4.60. The number of aromatic nitrogens is 1. The van der Waals surface area contributed by atoms with Gasteiger partial charge >= 0.3 is 0 Å². The van der Waals surface area contributed by atoms with Crippen LogP contribution in [-0.4, -0.2) is 23.7 Å². The van der Waals surface area contributed by atoms with E-state index in [9.17, 15) is 4.79 Å². The predicted molar refractivity (Wildman–Crippen MR) is 85.3 cm³/mol. The molecular formula is C17H23N3O2. The molecule has 5 heteroatoms. The Morgan fingerprint density at radius 3 is 2.86 bits per heavy atom. The minimum atomic E-state index is -0.0277. The van der Waals surface area contributed by atoms with Crippen molar-refractivity contribution in [3.05, 3.63) is 30.0 Å². The Bertz CT molecular complexity index is 632. The third kappa shape index (κ3) is 3.30. The summed E-state index contributed by atoms with van der Waals surface area (Å²) in [5.41, 5.74) is 7.27. The van der Waals surface area contributed by atoms with E-state index in [1.165, 1.54) is 19.3 Å². The fourth-order valence-corrected chi connectivity index (χ4v) is 3.38. The molecule has 1 fully saturated rings. The second-order valence-electron chi connectivity index (χ2n) is 6.11. The molecule has 0 spiro atoms. The molecule has 1 heterocycles. The molecule has 1 amide bonds. The van der Waals surface area contributed by atoms with E-state index in [0.29, 0.717) is 23.7 Å². The molecule has 1 aliphatic carbocycles. The molecule has 22 heavy (non-hydrogen) atoms. The topological polar surface area (TPSA) is 81.1 Å². The molecule has 1 aliphatic rings. The van der Waals surface area contributed by atoms with E-state index in [1.54, 1.807) is 0 Å². The summed E-state index contributed by atoms with van der Waals surface area (Å²) in [6, 6.07) is 7.67. The SMILES string of the molecule is NCC(NC(=O)Cc1noc2ccccc12)C1CCCCC1. The van der Waals surface area contributed by atoms with Gasteiger partial charge in [0, 0.05) is 18.0 Å². The highest BCUT2D eigenvalue weighted by atomic mass is 16.5. The first-order valence-corrected chi connectivity index (χ1v) is 8.10. The van der Waals surface area contributed by atoms with Crippen LogP contribution < -0.4 is 11.1 Å². The summed E-state index contributed by atoms with van der Waals surface area (Å²) >= 11 is 0. The van der Waals surface area contributed by atoms with Crippen LogP contribution in [0, 0.1) is 5.92 Å². The normalized spacial score (nSPS) is 17.5. The highest BCUT2D eigenvalue weighted by Crippen LogP contribution is 2.26. The van der Waals surface area contributed by atoms with E-state index in [2.05, 4.69) is 10.5 Å². The van der Waals surface area contributed by atoms with Crippen LogP contribution in [0.2, 0.25) is 0 Å². The number of benzene rings is 1. The number of para-hydroxylation sites is 1. The Morgan fingerprint density at radius 2 is 2.09 bits per heavy atom. The summed E-state index contributed by atoms with van der Waals surface area (Å²) in [4.78, 5) is 12.3. The lowest BCUT2D eigenvalue weighted by atomic mass is 9.84. The second-order valence-corrected chi connectivity index (χ2v) is 6.11. The lowest BCUT2D eigenvalue weighted by molar-refractivity contribution is -0.121. The number of fused-ring (bicyclic) bond motifs is 1. The summed E-state index contributed by atoms with van der Waals surface area (Å²) in [6.07, 6.45) is 6.34. The minimum Gasteiger partial charge on any atom is -0.356 e. The molecule has 3 rings (SSSR count). The zero-order valence-electron chi connectivity index (χ0n) is 12.8. The van der Waals surface area contributed by atoms with Gasteiger partial charge < -0.3 is 15.6 Å². The number of nitrogens with two attached hydrogens (primary N) is 1. The predicted octanol–water partition coefficient (Wildman–Crippen LogP) is 2.39. The van der Waals surface area contributed by atoms with E-state index in [-0.39, 0.29) is 18.4 Å². The van der Waals surface area contributed by atoms with Gasteiger partial charge in [-0.1, -0.05) is 36.6 Å².